The van der Waals surface area contributed by atoms with Gasteiger partial charge in [-0.25, -0.2) is 4.79 Å². The number of H-pyrrole nitrogens is 1. The number of carbonyl (C=O) groups is 1. The number of hydrogen-bond donors (Lipinski definition) is 1. The molecule has 25 heavy (non-hydrogen) atoms. The first-order valence-corrected chi connectivity index (χ1v) is 12.4. The van der Waals surface area contributed by atoms with Crippen LogP contribution < -0.4 is 9.42 Å². The second kappa shape index (κ2) is 8.59. The van der Waals surface area contributed by atoms with Crippen molar-refractivity contribution in [1.29, 1.82) is 0 Å². The molecule has 0 saturated heterocycles. The summed E-state index contributed by atoms with van der Waals surface area (Å²) in [5.74, 6) is 0.237. The Bertz CT molecular complexity index is 713. The minimum atomic E-state index is -1.17. The van der Waals surface area contributed by atoms with Crippen LogP contribution in [-0.4, -0.2) is 38.1 Å². The predicted molar refractivity (Wildman–Crippen MR) is 98.4 cm³/mol. The number of carbonyl (C=O) groups excluding carboxylic acids is 1. The van der Waals surface area contributed by atoms with Crippen LogP contribution >= 0.6 is 15.9 Å². The van der Waals surface area contributed by atoms with Gasteiger partial charge in [-0.05, 0) is 30.3 Å². The average Bonchev–Trinajstić information content (AvgIpc) is 2.95. The van der Waals surface area contributed by atoms with Gasteiger partial charge in [0.25, 0.3) is 0 Å². The number of benzene rings is 1. The van der Waals surface area contributed by atoms with Crippen LogP contribution in [0.25, 0.3) is 0 Å². The van der Waals surface area contributed by atoms with Crippen molar-refractivity contribution in [3.8, 4) is 11.6 Å². The van der Waals surface area contributed by atoms with Crippen molar-refractivity contribution in [2.24, 2.45) is 0 Å². The zero-order chi connectivity index (χ0) is 18.4. The first-order valence-electron chi connectivity index (χ1n) is 7.88. The molecule has 2 rings (SSSR count). The van der Waals surface area contributed by atoms with E-state index in [0.717, 1.165) is 10.5 Å². The number of halogens is 1. The van der Waals surface area contributed by atoms with Crippen molar-refractivity contribution in [1.82, 2.24) is 10.3 Å². The highest BCUT2D eigenvalue weighted by Crippen LogP contribution is 2.23. The van der Waals surface area contributed by atoms with Gasteiger partial charge in [0.05, 0.1) is 12.3 Å². The maximum Gasteiger partial charge on any atom is 0.388 e. The van der Waals surface area contributed by atoms with E-state index < -0.39 is 14.0 Å². The van der Waals surface area contributed by atoms with Gasteiger partial charge < -0.3 is 14.2 Å². The summed E-state index contributed by atoms with van der Waals surface area (Å²) in [6.07, 6.45) is 0. The third kappa shape index (κ3) is 5.94. The molecule has 1 aromatic heterocycles. The van der Waals surface area contributed by atoms with Crippen molar-refractivity contribution in [3.63, 3.8) is 0 Å². The normalized spacial score (nSPS) is 11.4. The third-order valence-corrected chi connectivity index (χ3v) is 5.60. The fourth-order valence-electron chi connectivity index (χ4n) is 1.94. The quantitative estimate of drug-likeness (QED) is 0.301. The standard InChI is InChI=1S/C16H22BrN3O4Si/c1-22-16(21)14-15(24-13-7-5-12(17)6-8-13)18-19-20(14)11-23-9-10-25(2,3)4/h5-8H,9-11H2,1-4H3/p+1. The molecule has 0 bridgehead atoms. The van der Waals surface area contributed by atoms with Crippen LogP contribution in [-0.2, 0) is 16.2 Å². The lowest BCUT2D eigenvalue weighted by atomic mass is 10.3. The van der Waals surface area contributed by atoms with Crippen LogP contribution in [0.15, 0.2) is 28.7 Å². The number of esters is 1. The van der Waals surface area contributed by atoms with E-state index in [2.05, 4.69) is 45.9 Å². The zero-order valence-electron chi connectivity index (χ0n) is 14.8. The molecule has 0 aliphatic rings. The Kier molecular flexibility index (Phi) is 6.74. The third-order valence-electron chi connectivity index (χ3n) is 3.37. The number of hydrogen-bond acceptors (Lipinski definition) is 5. The van der Waals surface area contributed by atoms with Gasteiger partial charge in [-0.2, -0.15) is 0 Å². The van der Waals surface area contributed by atoms with E-state index in [9.17, 15) is 4.79 Å². The molecular formula is C16H23BrN3O4Si+. The highest BCUT2D eigenvalue weighted by Gasteiger charge is 2.30. The Balaban J connectivity index is 2.11. The van der Waals surface area contributed by atoms with Gasteiger partial charge in [-0.1, -0.05) is 40.3 Å². The summed E-state index contributed by atoms with van der Waals surface area (Å²) in [5, 5.41) is 6.79. The van der Waals surface area contributed by atoms with Crippen molar-refractivity contribution >= 4 is 30.0 Å². The van der Waals surface area contributed by atoms with Crippen LogP contribution in [0.4, 0.5) is 0 Å². The van der Waals surface area contributed by atoms with Crippen LogP contribution in [0.3, 0.4) is 0 Å². The van der Waals surface area contributed by atoms with Crippen molar-refractivity contribution in [3.05, 3.63) is 34.4 Å². The Labute approximate surface area is 156 Å². The molecule has 9 heteroatoms. The second-order valence-corrected chi connectivity index (χ2v) is 13.2. The lowest BCUT2D eigenvalue weighted by molar-refractivity contribution is -0.786. The van der Waals surface area contributed by atoms with Gasteiger partial charge in [-0.15, -0.1) is 5.10 Å². The van der Waals surface area contributed by atoms with E-state index in [-0.39, 0.29) is 18.3 Å². The van der Waals surface area contributed by atoms with Crippen LogP contribution in [0.2, 0.25) is 25.7 Å². The lowest BCUT2D eigenvalue weighted by Crippen LogP contribution is -2.43. The molecule has 0 aliphatic carbocycles. The summed E-state index contributed by atoms with van der Waals surface area (Å²) in [4.78, 5) is 12.1. The van der Waals surface area contributed by atoms with Gasteiger partial charge in [0.2, 0.25) is 6.73 Å². The van der Waals surface area contributed by atoms with Gasteiger partial charge in [0.1, 0.15) is 5.75 Å². The van der Waals surface area contributed by atoms with Gasteiger partial charge in [-0.3, -0.25) is 0 Å². The molecule has 136 valence electrons. The van der Waals surface area contributed by atoms with E-state index in [4.69, 9.17) is 14.2 Å². The summed E-state index contributed by atoms with van der Waals surface area (Å²) in [6.45, 7) is 7.61. The number of aromatic nitrogens is 3. The van der Waals surface area contributed by atoms with Crippen LogP contribution in [0.5, 0.6) is 11.6 Å². The highest BCUT2D eigenvalue weighted by atomic mass is 79.9. The SMILES string of the molecule is COC(=O)c1c(Oc2ccc(Br)cc2)[nH]n[n+]1COCC[Si](C)(C)C. The molecule has 0 spiro atoms. The molecule has 2 aromatic rings. The van der Waals surface area contributed by atoms with E-state index in [1.165, 1.54) is 11.8 Å². The molecule has 0 aliphatic heterocycles. The van der Waals surface area contributed by atoms with Crippen molar-refractivity contribution < 1.29 is 23.7 Å². The van der Waals surface area contributed by atoms with E-state index in [0.29, 0.717) is 12.4 Å². The summed E-state index contributed by atoms with van der Waals surface area (Å²) in [5.41, 5.74) is 0.179. The van der Waals surface area contributed by atoms with Crippen molar-refractivity contribution in [2.75, 3.05) is 13.7 Å². The molecule has 7 nitrogen and oxygen atoms in total. The number of rotatable bonds is 8. The molecule has 1 aromatic carbocycles. The summed E-state index contributed by atoms with van der Waals surface area (Å²) in [6, 6.07) is 8.28. The monoisotopic (exact) mass is 428 g/mol. The fraction of sp³-hybridized carbons (Fsp3) is 0.438. The van der Waals surface area contributed by atoms with Gasteiger partial charge in [0.15, 0.2) is 0 Å². The first-order chi connectivity index (χ1) is 11.8. The minimum Gasteiger partial charge on any atom is -0.463 e. The lowest BCUT2D eigenvalue weighted by Gasteiger charge is -2.14. The van der Waals surface area contributed by atoms with Crippen LogP contribution in [0, 0.1) is 0 Å². The smallest absolute Gasteiger partial charge is 0.388 e. The molecule has 1 heterocycles. The maximum absolute atomic E-state index is 12.1. The Morgan fingerprint density at radius 2 is 1.96 bits per heavy atom. The number of methoxy groups -OCH3 is 1. The number of nitrogens with one attached hydrogen (secondary N) is 1. The first kappa shape index (κ1) is 19.6. The Morgan fingerprint density at radius 3 is 2.56 bits per heavy atom. The molecule has 0 saturated carbocycles. The molecule has 0 atom stereocenters. The summed E-state index contributed by atoms with van der Waals surface area (Å²) < 4.78 is 18.6. The number of aromatic amines is 1. The summed E-state index contributed by atoms with van der Waals surface area (Å²) >= 11 is 3.37. The second-order valence-electron chi connectivity index (χ2n) is 6.68. The molecule has 0 amide bonds. The molecule has 0 fully saturated rings. The van der Waals surface area contributed by atoms with E-state index >= 15 is 0 Å². The molecule has 0 radical (unpaired) electrons. The topological polar surface area (TPSA) is 77.3 Å². The molecule has 0 unspecified atom stereocenters. The molecular weight excluding hydrogens is 406 g/mol. The fourth-order valence-corrected chi connectivity index (χ4v) is 2.96. The molecule has 1 N–H and O–H groups in total. The highest BCUT2D eigenvalue weighted by molar-refractivity contribution is 9.10. The Hall–Kier alpha value is -1.71. The zero-order valence-corrected chi connectivity index (χ0v) is 17.4. The number of ether oxygens (including phenoxy) is 3. The largest absolute Gasteiger partial charge is 0.463 e. The van der Waals surface area contributed by atoms with E-state index in [1.54, 1.807) is 12.1 Å². The minimum absolute atomic E-state index is 0.148. The van der Waals surface area contributed by atoms with Gasteiger partial charge >= 0.3 is 17.5 Å². The number of nitrogens with zero attached hydrogens (tertiary/aromatic N) is 2. The average molecular weight is 429 g/mol. The maximum atomic E-state index is 12.1. The van der Waals surface area contributed by atoms with Crippen molar-refractivity contribution in [2.45, 2.75) is 32.4 Å². The predicted octanol–water partition coefficient (Wildman–Crippen LogP) is 3.35. The van der Waals surface area contributed by atoms with E-state index in [1.807, 2.05) is 12.1 Å². The summed E-state index contributed by atoms with van der Waals surface area (Å²) in [7, 11) is 0.144. The Morgan fingerprint density at radius 1 is 1.28 bits per heavy atom. The van der Waals surface area contributed by atoms with Gasteiger partial charge in [0, 0.05) is 19.2 Å². The van der Waals surface area contributed by atoms with Crippen LogP contribution in [0.1, 0.15) is 10.5 Å².